The van der Waals surface area contributed by atoms with Crippen molar-refractivity contribution in [3.05, 3.63) is 71.3 Å². The van der Waals surface area contributed by atoms with Crippen LogP contribution in [0.1, 0.15) is 11.1 Å². The van der Waals surface area contributed by atoms with E-state index in [9.17, 15) is 10.1 Å². The third kappa shape index (κ3) is 5.79. The number of esters is 1. The fourth-order valence-electron chi connectivity index (χ4n) is 2.05. The van der Waals surface area contributed by atoms with Gasteiger partial charge in [-0.1, -0.05) is 48.5 Å². The summed E-state index contributed by atoms with van der Waals surface area (Å²) in [5.41, 5.74) is 1.58. The summed E-state index contributed by atoms with van der Waals surface area (Å²) in [6, 6.07) is 18.8. The molecule has 0 atom stereocenters. The van der Waals surface area contributed by atoms with Crippen LogP contribution in [-0.4, -0.2) is 26.3 Å². The molecule has 0 aliphatic heterocycles. The number of para-hydroxylation sites is 1. The van der Waals surface area contributed by atoms with Crippen molar-refractivity contribution in [2.45, 2.75) is 6.61 Å². The fourth-order valence-corrected chi connectivity index (χ4v) is 2.05. The topological polar surface area (TPSA) is 68.5 Å². The highest BCUT2D eigenvalue weighted by molar-refractivity contribution is 5.98. The Balaban J connectivity index is 2.12. The molecule has 0 saturated heterocycles. The van der Waals surface area contributed by atoms with Crippen LogP contribution >= 0.6 is 0 Å². The zero-order valence-electron chi connectivity index (χ0n) is 14.0. The highest BCUT2D eigenvalue weighted by atomic mass is 16.6. The molecule has 0 bridgehead atoms. The van der Waals surface area contributed by atoms with Crippen LogP contribution in [-0.2, 0) is 20.9 Å². The van der Waals surface area contributed by atoms with E-state index in [-0.39, 0.29) is 18.8 Å². The third-order valence-electron chi connectivity index (χ3n) is 3.32. The molecule has 0 aromatic heterocycles. The van der Waals surface area contributed by atoms with Crippen molar-refractivity contribution in [2.24, 2.45) is 0 Å². The second-order valence-corrected chi connectivity index (χ2v) is 5.11. The summed E-state index contributed by atoms with van der Waals surface area (Å²) >= 11 is 0. The summed E-state index contributed by atoms with van der Waals surface area (Å²) in [5, 5.41) is 9.22. The maximum Gasteiger partial charge on any atom is 0.348 e. The minimum Gasteiger partial charge on any atom is -0.488 e. The lowest BCUT2D eigenvalue weighted by molar-refractivity contribution is -0.139. The number of hydrogen-bond donors (Lipinski definition) is 0. The zero-order chi connectivity index (χ0) is 17.9. The molecule has 0 spiro atoms. The molecule has 5 heteroatoms. The van der Waals surface area contributed by atoms with Crippen LogP contribution in [0.3, 0.4) is 0 Å². The normalized spacial score (nSPS) is 10.8. The number of rotatable bonds is 8. The first-order valence-electron chi connectivity index (χ1n) is 7.78. The number of carbonyl (C=O) groups is 1. The van der Waals surface area contributed by atoms with Crippen LogP contribution in [0.5, 0.6) is 5.75 Å². The highest BCUT2D eigenvalue weighted by Gasteiger charge is 2.12. The molecule has 2 aromatic carbocycles. The van der Waals surface area contributed by atoms with Gasteiger partial charge in [-0.2, -0.15) is 5.26 Å². The predicted molar refractivity (Wildman–Crippen MR) is 93.6 cm³/mol. The Morgan fingerprint density at radius 1 is 1.08 bits per heavy atom. The first-order chi connectivity index (χ1) is 12.2. The number of nitrogens with zero attached hydrogens (tertiary/aromatic N) is 1. The predicted octanol–water partition coefficient (Wildman–Crippen LogP) is 3.36. The SMILES string of the molecule is COCCOC(=O)/C(C#N)=C/c1ccccc1OCc1ccccc1. The van der Waals surface area contributed by atoms with Crippen LogP contribution < -0.4 is 4.74 Å². The number of methoxy groups -OCH3 is 1. The van der Waals surface area contributed by atoms with Gasteiger partial charge in [0, 0.05) is 12.7 Å². The molecule has 0 unspecified atom stereocenters. The average Bonchev–Trinajstić information content (AvgIpc) is 2.66. The van der Waals surface area contributed by atoms with Gasteiger partial charge in [0.2, 0.25) is 0 Å². The molecule has 0 aliphatic carbocycles. The quantitative estimate of drug-likeness (QED) is 0.320. The molecular weight excluding hydrogens is 318 g/mol. The van der Waals surface area contributed by atoms with Gasteiger partial charge in [-0.25, -0.2) is 4.79 Å². The zero-order valence-corrected chi connectivity index (χ0v) is 14.0. The maximum atomic E-state index is 11.9. The van der Waals surface area contributed by atoms with Crippen LogP contribution in [0, 0.1) is 11.3 Å². The van der Waals surface area contributed by atoms with Crippen molar-refractivity contribution >= 4 is 12.0 Å². The van der Waals surface area contributed by atoms with E-state index in [1.165, 1.54) is 13.2 Å². The first kappa shape index (κ1) is 18.2. The molecule has 0 aliphatic rings. The Bertz CT molecular complexity index is 763. The van der Waals surface area contributed by atoms with Crippen molar-refractivity contribution < 1.29 is 19.0 Å². The molecule has 2 aromatic rings. The van der Waals surface area contributed by atoms with E-state index in [4.69, 9.17) is 14.2 Å². The average molecular weight is 337 g/mol. The number of benzene rings is 2. The monoisotopic (exact) mass is 337 g/mol. The summed E-state index contributed by atoms with van der Waals surface area (Å²) in [7, 11) is 1.51. The Morgan fingerprint density at radius 2 is 1.80 bits per heavy atom. The summed E-state index contributed by atoms with van der Waals surface area (Å²) in [6.45, 7) is 0.771. The lowest BCUT2D eigenvalue weighted by Gasteiger charge is -2.10. The van der Waals surface area contributed by atoms with Gasteiger partial charge in [0.15, 0.2) is 0 Å². The number of nitriles is 1. The summed E-state index contributed by atoms with van der Waals surface area (Å²) in [4.78, 5) is 11.9. The van der Waals surface area contributed by atoms with Gasteiger partial charge in [-0.05, 0) is 17.7 Å². The minimum atomic E-state index is -0.683. The fraction of sp³-hybridized carbons (Fsp3) is 0.200. The largest absolute Gasteiger partial charge is 0.488 e. The van der Waals surface area contributed by atoms with Crippen molar-refractivity contribution in [2.75, 3.05) is 20.3 Å². The lowest BCUT2D eigenvalue weighted by Crippen LogP contribution is -2.11. The van der Waals surface area contributed by atoms with Gasteiger partial charge in [0.25, 0.3) is 0 Å². The van der Waals surface area contributed by atoms with Crippen LogP contribution in [0.25, 0.3) is 6.08 Å². The molecule has 2 rings (SSSR count). The van der Waals surface area contributed by atoms with E-state index in [1.807, 2.05) is 48.5 Å². The maximum absolute atomic E-state index is 11.9. The Morgan fingerprint density at radius 3 is 2.52 bits per heavy atom. The van der Waals surface area contributed by atoms with Crippen molar-refractivity contribution in [1.82, 2.24) is 0 Å². The van der Waals surface area contributed by atoms with Crippen molar-refractivity contribution in [3.8, 4) is 11.8 Å². The van der Waals surface area contributed by atoms with Crippen molar-refractivity contribution in [1.29, 1.82) is 5.26 Å². The van der Waals surface area contributed by atoms with Gasteiger partial charge < -0.3 is 14.2 Å². The Kier molecular flexibility index (Phi) is 7.23. The number of ether oxygens (including phenoxy) is 3. The lowest BCUT2D eigenvalue weighted by atomic mass is 10.1. The van der Waals surface area contributed by atoms with Gasteiger partial charge in [-0.15, -0.1) is 0 Å². The standard InChI is InChI=1S/C20H19NO4/c1-23-11-12-24-20(22)18(14-21)13-17-9-5-6-10-19(17)25-15-16-7-3-2-4-8-16/h2-10,13H,11-12,15H2,1H3/b18-13+. The summed E-state index contributed by atoms with van der Waals surface area (Å²) < 4.78 is 15.6. The molecule has 0 heterocycles. The first-order valence-corrected chi connectivity index (χ1v) is 7.78. The highest BCUT2D eigenvalue weighted by Crippen LogP contribution is 2.22. The van der Waals surface area contributed by atoms with Crippen LogP contribution in [0.15, 0.2) is 60.2 Å². The van der Waals surface area contributed by atoms with Gasteiger partial charge >= 0.3 is 5.97 Å². The van der Waals surface area contributed by atoms with Crippen LogP contribution in [0.2, 0.25) is 0 Å². The van der Waals surface area contributed by atoms with Gasteiger partial charge in [0.05, 0.1) is 6.61 Å². The third-order valence-corrected chi connectivity index (χ3v) is 3.32. The van der Waals surface area contributed by atoms with Crippen molar-refractivity contribution in [3.63, 3.8) is 0 Å². The van der Waals surface area contributed by atoms with Gasteiger partial charge in [-0.3, -0.25) is 0 Å². The second-order valence-electron chi connectivity index (χ2n) is 5.11. The molecule has 0 fully saturated rings. The molecule has 5 nitrogen and oxygen atoms in total. The molecule has 0 amide bonds. The summed E-state index contributed by atoms with van der Waals surface area (Å²) in [6.07, 6.45) is 1.47. The summed E-state index contributed by atoms with van der Waals surface area (Å²) in [5.74, 6) is -0.0961. The smallest absolute Gasteiger partial charge is 0.348 e. The Labute approximate surface area is 147 Å². The molecule has 25 heavy (non-hydrogen) atoms. The Hall–Kier alpha value is -3.10. The number of hydrogen-bond acceptors (Lipinski definition) is 5. The minimum absolute atomic E-state index is 0.0909. The van der Waals surface area contributed by atoms with Gasteiger partial charge in [0.1, 0.15) is 30.6 Å². The van der Waals surface area contributed by atoms with E-state index in [1.54, 1.807) is 12.1 Å². The second kappa shape index (κ2) is 9.91. The molecular formula is C20H19NO4. The van der Waals surface area contributed by atoms with E-state index in [2.05, 4.69) is 0 Å². The molecule has 128 valence electrons. The van der Waals surface area contributed by atoms with E-state index in [0.29, 0.717) is 17.9 Å². The van der Waals surface area contributed by atoms with Crippen LogP contribution in [0.4, 0.5) is 0 Å². The van der Waals surface area contributed by atoms with E-state index >= 15 is 0 Å². The van der Waals surface area contributed by atoms with E-state index in [0.717, 1.165) is 5.56 Å². The number of carbonyl (C=O) groups excluding carboxylic acids is 1. The molecule has 0 radical (unpaired) electrons. The molecule has 0 N–H and O–H groups in total. The van der Waals surface area contributed by atoms with E-state index < -0.39 is 5.97 Å². The molecule has 0 saturated carbocycles.